The third-order valence-electron chi connectivity index (χ3n) is 5.41. The second-order valence-electron chi connectivity index (χ2n) is 8.47. The molecule has 2 saturated heterocycles. The molecule has 2 heterocycles. The summed E-state index contributed by atoms with van der Waals surface area (Å²) in [4.78, 5) is 9.26. The lowest BCUT2D eigenvalue weighted by molar-refractivity contribution is -0.0502. The van der Waals surface area contributed by atoms with Gasteiger partial charge in [0.25, 0.3) is 0 Å². The number of halogens is 1. The normalized spacial score (nSPS) is 24.0. The molecule has 0 bridgehead atoms. The summed E-state index contributed by atoms with van der Waals surface area (Å²) in [6.07, 6.45) is 0.208. The van der Waals surface area contributed by atoms with Gasteiger partial charge in [0, 0.05) is 61.1 Å². The molecule has 164 valence electrons. The minimum Gasteiger partial charge on any atom is -0.373 e. The molecule has 0 spiro atoms. The number of nitrogens with one attached hydrogen (secondary N) is 1. The van der Waals surface area contributed by atoms with E-state index in [-0.39, 0.29) is 34.8 Å². The first kappa shape index (κ1) is 24.6. The van der Waals surface area contributed by atoms with Crippen molar-refractivity contribution < 1.29 is 8.95 Å². The van der Waals surface area contributed by atoms with Crippen LogP contribution in [0.25, 0.3) is 0 Å². The van der Waals surface area contributed by atoms with Crippen LogP contribution in [0.5, 0.6) is 0 Å². The Morgan fingerprint density at radius 2 is 2.00 bits per heavy atom. The van der Waals surface area contributed by atoms with Crippen LogP contribution in [0.15, 0.2) is 35.3 Å². The molecule has 1 aromatic rings. The molecule has 0 radical (unpaired) electrons. The molecule has 3 rings (SSSR count). The Labute approximate surface area is 194 Å². The lowest BCUT2D eigenvalue weighted by atomic mass is 10.1. The molecule has 0 aromatic heterocycles. The van der Waals surface area contributed by atoms with Gasteiger partial charge < -0.3 is 15.0 Å². The van der Waals surface area contributed by atoms with E-state index in [2.05, 4.69) is 50.4 Å². The highest BCUT2D eigenvalue weighted by atomic mass is 127. The largest absolute Gasteiger partial charge is 0.373 e. The van der Waals surface area contributed by atoms with Crippen LogP contribution < -0.4 is 5.32 Å². The molecule has 1 aromatic carbocycles. The second-order valence-corrected chi connectivity index (χ2v) is 10.8. The summed E-state index contributed by atoms with van der Waals surface area (Å²) in [7, 11) is 0.951. The number of benzene rings is 1. The molecular weight excluding hydrogens is 499 g/mol. The topological polar surface area (TPSA) is 57.2 Å². The van der Waals surface area contributed by atoms with Gasteiger partial charge >= 0.3 is 0 Å². The van der Waals surface area contributed by atoms with Crippen LogP contribution in [-0.4, -0.2) is 82.4 Å². The fourth-order valence-electron chi connectivity index (χ4n) is 3.84. The van der Waals surface area contributed by atoms with Crippen molar-refractivity contribution in [3.05, 3.63) is 35.9 Å². The summed E-state index contributed by atoms with van der Waals surface area (Å²) in [5.74, 6) is 1.50. The molecular formula is C21H35IN4O2S. The molecule has 1 N–H and O–H groups in total. The van der Waals surface area contributed by atoms with E-state index in [1.165, 1.54) is 5.56 Å². The van der Waals surface area contributed by atoms with Crippen molar-refractivity contribution in [2.24, 2.45) is 4.99 Å². The van der Waals surface area contributed by atoms with Crippen molar-refractivity contribution in [2.75, 3.05) is 45.6 Å². The Bertz CT molecular complexity index is 696. The van der Waals surface area contributed by atoms with E-state index < -0.39 is 10.8 Å². The minimum atomic E-state index is -0.862. The number of morpholine rings is 1. The van der Waals surface area contributed by atoms with Gasteiger partial charge in [-0.15, -0.1) is 24.0 Å². The zero-order valence-electron chi connectivity index (χ0n) is 18.0. The fraction of sp³-hybridized carbons (Fsp3) is 0.667. The highest BCUT2D eigenvalue weighted by Crippen LogP contribution is 2.24. The molecule has 2 fully saturated rings. The second kappa shape index (κ2) is 11.1. The molecule has 29 heavy (non-hydrogen) atoms. The number of guanidine groups is 1. The quantitative estimate of drug-likeness (QED) is 0.357. The maximum atomic E-state index is 12.3. The SMILES string of the molecule is CN=C(NCCS(=O)C(C)(C)C)N1CC2OCCN(Cc3ccccc3)C2C1.I. The van der Waals surface area contributed by atoms with Crippen LogP contribution in [0, 0.1) is 0 Å². The monoisotopic (exact) mass is 534 g/mol. The Morgan fingerprint density at radius 1 is 1.28 bits per heavy atom. The number of hydrogen-bond donors (Lipinski definition) is 1. The van der Waals surface area contributed by atoms with E-state index >= 15 is 0 Å². The van der Waals surface area contributed by atoms with Crippen molar-refractivity contribution in [3.63, 3.8) is 0 Å². The van der Waals surface area contributed by atoms with Gasteiger partial charge in [0.05, 0.1) is 18.8 Å². The minimum absolute atomic E-state index is 0. The van der Waals surface area contributed by atoms with E-state index in [1.807, 2.05) is 27.8 Å². The van der Waals surface area contributed by atoms with E-state index in [0.717, 1.165) is 38.7 Å². The van der Waals surface area contributed by atoms with Gasteiger partial charge in [-0.1, -0.05) is 30.3 Å². The van der Waals surface area contributed by atoms with Gasteiger partial charge in [-0.25, -0.2) is 0 Å². The summed E-state index contributed by atoms with van der Waals surface area (Å²) in [6.45, 7) is 11.1. The maximum Gasteiger partial charge on any atom is 0.193 e. The third kappa shape index (κ3) is 6.63. The summed E-state index contributed by atoms with van der Waals surface area (Å²) in [5.41, 5.74) is 1.34. The van der Waals surface area contributed by atoms with Crippen molar-refractivity contribution in [2.45, 2.75) is 44.2 Å². The van der Waals surface area contributed by atoms with Crippen molar-refractivity contribution in [3.8, 4) is 0 Å². The van der Waals surface area contributed by atoms with Gasteiger partial charge in [-0.3, -0.25) is 14.1 Å². The lowest BCUT2D eigenvalue weighted by Gasteiger charge is -2.36. The number of aliphatic imine (C=N–C) groups is 1. The van der Waals surface area contributed by atoms with Crippen molar-refractivity contribution >= 4 is 40.7 Å². The van der Waals surface area contributed by atoms with E-state index in [4.69, 9.17) is 4.74 Å². The number of hydrogen-bond acceptors (Lipinski definition) is 4. The molecule has 3 atom stereocenters. The predicted octanol–water partition coefficient (Wildman–Crippen LogP) is 2.31. The number of fused-ring (bicyclic) bond motifs is 1. The molecule has 8 heteroatoms. The maximum absolute atomic E-state index is 12.3. The molecule has 0 amide bonds. The van der Waals surface area contributed by atoms with Crippen molar-refractivity contribution in [1.82, 2.24) is 15.1 Å². The lowest BCUT2D eigenvalue weighted by Crippen LogP contribution is -2.50. The van der Waals surface area contributed by atoms with Crippen molar-refractivity contribution in [1.29, 1.82) is 0 Å². The average molecular weight is 535 g/mol. The Morgan fingerprint density at radius 3 is 2.66 bits per heavy atom. The summed E-state index contributed by atoms with van der Waals surface area (Å²) >= 11 is 0. The Balaban J connectivity index is 0.00000300. The molecule has 3 unspecified atom stereocenters. The van der Waals surface area contributed by atoms with Crippen LogP contribution in [0.3, 0.4) is 0 Å². The number of nitrogens with zero attached hydrogens (tertiary/aromatic N) is 3. The molecule has 0 aliphatic carbocycles. The zero-order valence-corrected chi connectivity index (χ0v) is 21.1. The standard InChI is InChI=1S/C21H34N4O2S.HI/c1-21(2,3)28(26)13-10-23-20(22-4)25-15-18-19(16-25)27-12-11-24(18)14-17-8-6-5-7-9-17;/h5-9,18-19H,10-16H2,1-4H3,(H,22,23);1H. The van der Waals surface area contributed by atoms with Crippen LogP contribution in [0.1, 0.15) is 26.3 Å². The van der Waals surface area contributed by atoms with Gasteiger partial charge in [0.1, 0.15) is 0 Å². The third-order valence-corrected chi connectivity index (χ3v) is 7.35. The summed E-state index contributed by atoms with van der Waals surface area (Å²) in [5, 5.41) is 3.40. The van der Waals surface area contributed by atoms with Crippen LogP contribution in [-0.2, 0) is 22.1 Å². The summed E-state index contributed by atoms with van der Waals surface area (Å²) in [6, 6.07) is 11.0. The van der Waals surface area contributed by atoms with E-state index in [9.17, 15) is 4.21 Å². The molecule has 0 saturated carbocycles. The van der Waals surface area contributed by atoms with Gasteiger partial charge in [0.15, 0.2) is 5.96 Å². The molecule has 6 nitrogen and oxygen atoms in total. The predicted molar refractivity (Wildman–Crippen MR) is 131 cm³/mol. The van der Waals surface area contributed by atoms with Crippen LogP contribution in [0.4, 0.5) is 0 Å². The number of likely N-dealkylation sites (tertiary alicyclic amines) is 1. The Hall–Kier alpha value is -0.710. The van der Waals surface area contributed by atoms with Crippen LogP contribution >= 0.6 is 24.0 Å². The number of rotatable bonds is 5. The first-order chi connectivity index (χ1) is 13.4. The molecule has 2 aliphatic heterocycles. The van der Waals surface area contributed by atoms with Gasteiger partial charge in [-0.05, 0) is 26.3 Å². The summed E-state index contributed by atoms with van der Waals surface area (Å²) < 4.78 is 18.2. The first-order valence-electron chi connectivity index (χ1n) is 10.1. The molecule has 2 aliphatic rings. The van der Waals surface area contributed by atoms with E-state index in [1.54, 1.807) is 0 Å². The number of ether oxygens (including phenoxy) is 1. The van der Waals surface area contributed by atoms with Gasteiger partial charge in [0.2, 0.25) is 0 Å². The fourth-order valence-corrected chi connectivity index (χ4v) is 4.74. The smallest absolute Gasteiger partial charge is 0.193 e. The zero-order chi connectivity index (χ0) is 20.1. The Kier molecular flexibility index (Phi) is 9.37. The average Bonchev–Trinajstić information content (AvgIpc) is 3.10. The van der Waals surface area contributed by atoms with Gasteiger partial charge in [-0.2, -0.15) is 0 Å². The van der Waals surface area contributed by atoms with E-state index in [0.29, 0.717) is 18.3 Å². The van der Waals surface area contributed by atoms with Crippen LogP contribution in [0.2, 0.25) is 0 Å². The highest BCUT2D eigenvalue weighted by molar-refractivity contribution is 14.0. The highest BCUT2D eigenvalue weighted by Gasteiger charge is 2.41. The first-order valence-corrected chi connectivity index (χ1v) is 11.4.